The Morgan fingerprint density at radius 3 is 2.95 bits per heavy atom. The highest BCUT2D eigenvalue weighted by molar-refractivity contribution is 7.08. The smallest absolute Gasteiger partial charge is 0.279 e. The van der Waals surface area contributed by atoms with Gasteiger partial charge in [0.25, 0.3) is 5.91 Å². The van der Waals surface area contributed by atoms with Gasteiger partial charge in [0.05, 0.1) is 12.1 Å². The van der Waals surface area contributed by atoms with Crippen molar-refractivity contribution in [3.63, 3.8) is 0 Å². The molecule has 0 aliphatic heterocycles. The molecule has 3 aromatic rings. The van der Waals surface area contributed by atoms with Crippen LogP contribution in [-0.2, 0) is 6.54 Å². The lowest BCUT2D eigenvalue weighted by atomic mass is 10.1. The van der Waals surface area contributed by atoms with E-state index in [9.17, 15) is 4.79 Å². The van der Waals surface area contributed by atoms with Gasteiger partial charge in [-0.25, -0.2) is 0 Å². The zero-order valence-electron chi connectivity index (χ0n) is 11.7. The Morgan fingerprint density at radius 1 is 1.36 bits per heavy atom. The van der Waals surface area contributed by atoms with Crippen LogP contribution in [0.5, 0.6) is 0 Å². The van der Waals surface area contributed by atoms with E-state index in [1.165, 1.54) is 17.6 Å². The number of carbonyl (C=O) groups is 1. The maximum Gasteiger partial charge on any atom is 0.279 e. The molecule has 0 unspecified atom stereocenters. The summed E-state index contributed by atoms with van der Waals surface area (Å²) in [5, 5.41) is 12.0. The highest BCUT2D eigenvalue weighted by Crippen LogP contribution is 2.19. The molecule has 5 nitrogen and oxygen atoms in total. The van der Waals surface area contributed by atoms with E-state index in [4.69, 9.17) is 11.1 Å². The number of thiophene rings is 1. The second-order valence-corrected chi connectivity index (χ2v) is 5.57. The van der Waals surface area contributed by atoms with E-state index in [2.05, 4.69) is 4.99 Å². The van der Waals surface area contributed by atoms with Crippen molar-refractivity contribution in [3.8, 4) is 0 Å². The first-order chi connectivity index (χ1) is 10.7. The van der Waals surface area contributed by atoms with Crippen molar-refractivity contribution in [2.24, 2.45) is 10.7 Å². The summed E-state index contributed by atoms with van der Waals surface area (Å²) in [6, 6.07) is 9.39. The van der Waals surface area contributed by atoms with E-state index in [1.54, 1.807) is 11.4 Å². The van der Waals surface area contributed by atoms with Crippen LogP contribution in [0, 0.1) is 5.41 Å². The highest BCUT2D eigenvalue weighted by Gasteiger charge is 2.08. The third-order valence-electron chi connectivity index (χ3n) is 3.35. The van der Waals surface area contributed by atoms with Crippen LogP contribution in [0.25, 0.3) is 10.9 Å². The summed E-state index contributed by atoms with van der Waals surface area (Å²) in [7, 11) is 0. The Hall–Kier alpha value is -2.73. The van der Waals surface area contributed by atoms with Gasteiger partial charge in [-0.15, -0.1) is 0 Å². The van der Waals surface area contributed by atoms with Gasteiger partial charge in [0, 0.05) is 34.3 Å². The zero-order chi connectivity index (χ0) is 15.5. The first-order valence-electron chi connectivity index (χ1n) is 6.67. The lowest BCUT2D eigenvalue weighted by Crippen LogP contribution is -2.20. The molecule has 3 rings (SSSR count). The predicted octanol–water partition coefficient (Wildman–Crippen LogP) is 2.90. The molecule has 1 amide bonds. The maximum atomic E-state index is 11.9. The Labute approximate surface area is 131 Å². The number of amidine groups is 1. The average molecular weight is 310 g/mol. The number of amides is 1. The first-order valence-corrected chi connectivity index (χ1v) is 7.61. The number of fused-ring (bicyclic) bond motifs is 1. The van der Waals surface area contributed by atoms with Crippen molar-refractivity contribution in [1.29, 1.82) is 5.41 Å². The third-order valence-corrected chi connectivity index (χ3v) is 4.03. The average Bonchev–Trinajstić information content (AvgIpc) is 3.17. The molecule has 110 valence electrons. The minimum absolute atomic E-state index is 0.258. The van der Waals surface area contributed by atoms with Crippen molar-refractivity contribution < 1.29 is 4.79 Å². The molecule has 3 N–H and O–H groups in total. The number of aliphatic imine (C=N–C) groups is 1. The van der Waals surface area contributed by atoms with Crippen molar-refractivity contribution >= 4 is 40.2 Å². The van der Waals surface area contributed by atoms with E-state index in [0.717, 1.165) is 16.5 Å². The van der Waals surface area contributed by atoms with Gasteiger partial charge in [-0.05, 0) is 23.6 Å². The number of rotatable bonds is 4. The fourth-order valence-corrected chi connectivity index (χ4v) is 2.93. The SMILES string of the molecule is N=Cc1cccc2c1ccn2CC(N)=NC(=O)c1ccsc1. The summed E-state index contributed by atoms with van der Waals surface area (Å²) in [5.41, 5.74) is 8.26. The van der Waals surface area contributed by atoms with E-state index in [-0.39, 0.29) is 11.7 Å². The molecule has 0 fully saturated rings. The molecule has 0 saturated carbocycles. The van der Waals surface area contributed by atoms with Crippen molar-refractivity contribution in [1.82, 2.24) is 4.57 Å². The van der Waals surface area contributed by atoms with Crippen LogP contribution in [0.3, 0.4) is 0 Å². The minimum atomic E-state index is -0.324. The molecule has 0 spiro atoms. The van der Waals surface area contributed by atoms with E-state index in [0.29, 0.717) is 12.1 Å². The summed E-state index contributed by atoms with van der Waals surface area (Å²) in [5.74, 6) is -0.0654. The molecule has 0 radical (unpaired) electrons. The van der Waals surface area contributed by atoms with E-state index < -0.39 is 0 Å². The third kappa shape index (κ3) is 2.68. The lowest BCUT2D eigenvalue weighted by molar-refractivity contribution is 0.100. The Morgan fingerprint density at radius 2 is 2.23 bits per heavy atom. The Balaban J connectivity index is 1.87. The van der Waals surface area contributed by atoms with Gasteiger partial charge in [-0.1, -0.05) is 12.1 Å². The zero-order valence-corrected chi connectivity index (χ0v) is 12.5. The largest absolute Gasteiger partial charge is 0.386 e. The monoisotopic (exact) mass is 310 g/mol. The van der Waals surface area contributed by atoms with Crippen LogP contribution >= 0.6 is 11.3 Å². The van der Waals surface area contributed by atoms with Crippen LogP contribution in [0.1, 0.15) is 15.9 Å². The molecule has 0 saturated heterocycles. The molecule has 0 bridgehead atoms. The van der Waals surface area contributed by atoms with Gasteiger partial charge in [-0.3, -0.25) is 4.79 Å². The van der Waals surface area contributed by atoms with Crippen molar-refractivity contribution in [2.45, 2.75) is 6.54 Å². The summed E-state index contributed by atoms with van der Waals surface area (Å²) in [6.45, 7) is 0.334. The van der Waals surface area contributed by atoms with Crippen LogP contribution in [0.15, 0.2) is 52.3 Å². The number of carbonyl (C=O) groups excluding carboxylic acids is 1. The number of nitrogens with two attached hydrogens (primary N) is 1. The van der Waals surface area contributed by atoms with Gasteiger partial charge < -0.3 is 15.7 Å². The van der Waals surface area contributed by atoms with Crippen LogP contribution in [0.2, 0.25) is 0 Å². The molecule has 0 aliphatic rings. The topological polar surface area (TPSA) is 84.2 Å². The van der Waals surface area contributed by atoms with Gasteiger partial charge in [0.15, 0.2) is 0 Å². The molecule has 22 heavy (non-hydrogen) atoms. The number of aromatic nitrogens is 1. The van der Waals surface area contributed by atoms with Gasteiger partial charge in [0.1, 0.15) is 5.84 Å². The maximum absolute atomic E-state index is 11.9. The lowest BCUT2D eigenvalue weighted by Gasteiger charge is -2.05. The Bertz CT molecular complexity index is 862. The standard InChI is InChI=1S/C16H14N4OS/c17-8-11-2-1-3-14-13(11)4-6-20(14)9-15(18)19-16(21)12-5-7-22-10-12/h1-8,10,17H,9H2,(H2,18,19,21). The fraction of sp³-hybridized carbons (Fsp3) is 0.0625. The number of hydrogen-bond acceptors (Lipinski definition) is 3. The van der Waals surface area contributed by atoms with Crippen LogP contribution in [0.4, 0.5) is 0 Å². The molecule has 2 heterocycles. The van der Waals surface area contributed by atoms with E-state index in [1.807, 2.05) is 40.4 Å². The van der Waals surface area contributed by atoms with Gasteiger partial charge in [-0.2, -0.15) is 16.3 Å². The highest BCUT2D eigenvalue weighted by atomic mass is 32.1. The first kappa shape index (κ1) is 14.2. The molecule has 0 aliphatic carbocycles. The fourth-order valence-electron chi connectivity index (χ4n) is 2.30. The molecule has 6 heteroatoms. The minimum Gasteiger partial charge on any atom is -0.386 e. The van der Waals surface area contributed by atoms with Crippen molar-refractivity contribution in [3.05, 3.63) is 58.4 Å². The second-order valence-electron chi connectivity index (χ2n) is 4.79. The number of hydrogen-bond donors (Lipinski definition) is 2. The van der Waals surface area contributed by atoms with E-state index >= 15 is 0 Å². The molecular weight excluding hydrogens is 296 g/mol. The molecule has 0 atom stereocenters. The van der Waals surface area contributed by atoms with Crippen LogP contribution < -0.4 is 5.73 Å². The number of nitrogens with one attached hydrogen (secondary N) is 1. The van der Waals surface area contributed by atoms with Crippen LogP contribution in [-0.4, -0.2) is 22.5 Å². The number of benzene rings is 1. The summed E-state index contributed by atoms with van der Waals surface area (Å²) >= 11 is 1.45. The van der Waals surface area contributed by atoms with Gasteiger partial charge in [0.2, 0.25) is 0 Å². The molecule has 2 aromatic heterocycles. The normalized spacial score (nSPS) is 11.7. The van der Waals surface area contributed by atoms with Gasteiger partial charge >= 0.3 is 0 Å². The second kappa shape index (κ2) is 5.95. The Kier molecular flexibility index (Phi) is 3.84. The predicted molar refractivity (Wildman–Crippen MR) is 90.1 cm³/mol. The molecular formula is C16H14N4OS. The number of nitrogens with zero attached hydrogens (tertiary/aromatic N) is 2. The summed E-state index contributed by atoms with van der Waals surface area (Å²) in [4.78, 5) is 15.8. The molecule has 1 aromatic carbocycles. The summed E-state index contributed by atoms with van der Waals surface area (Å²) in [6.07, 6.45) is 3.21. The van der Waals surface area contributed by atoms with Crippen molar-refractivity contribution in [2.75, 3.05) is 0 Å². The summed E-state index contributed by atoms with van der Waals surface area (Å²) < 4.78 is 1.92. The quantitative estimate of drug-likeness (QED) is 0.573.